The Morgan fingerprint density at radius 2 is 1.70 bits per heavy atom. The molecule has 0 aliphatic heterocycles. The molecule has 8 nitrogen and oxygen atoms in total. The van der Waals surface area contributed by atoms with Gasteiger partial charge in [0, 0.05) is 43.6 Å². The number of ether oxygens (including phenoxy) is 2. The number of fused-ring (bicyclic) bond motifs is 1. The topological polar surface area (TPSA) is 103 Å². The van der Waals surface area contributed by atoms with Gasteiger partial charge in [0.15, 0.2) is 11.6 Å². The molecular weight excluding hydrogens is 577 g/mol. The number of aromatic amines is 1. The van der Waals surface area contributed by atoms with Gasteiger partial charge in [0.05, 0.1) is 36.6 Å². The maximum absolute atomic E-state index is 13.6. The fraction of sp³-hybridized carbons (Fsp3) is 0.324. The summed E-state index contributed by atoms with van der Waals surface area (Å²) in [5, 5.41) is 1.02. The van der Waals surface area contributed by atoms with Crippen LogP contribution in [0.3, 0.4) is 0 Å². The largest absolute Gasteiger partial charge is 0.487 e. The zero-order chi connectivity index (χ0) is 31.4. The van der Waals surface area contributed by atoms with E-state index in [4.69, 9.17) is 9.47 Å². The number of esters is 1. The molecular formula is C34H36FN5O3S. The van der Waals surface area contributed by atoms with Crippen molar-refractivity contribution in [3.63, 3.8) is 0 Å². The number of rotatable bonds is 10. The molecule has 1 N–H and O–H groups in total. The second-order valence-electron chi connectivity index (χ2n) is 11.6. The second kappa shape index (κ2) is 13.1. The fourth-order valence-electron chi connectivity index (χ4n) is 4.92. The van der Waals surface area contributed by atoms with Gasteiger partial charge in [-0.25, -0.2) is 14.4 Å². The maximum atomic E-state index is 13.6. The van der Waals surface area contributed by atoms with Gasteiger partial charge < -0.3 is 14.5 Å². The van der Waals surface area contributed by atoms with Crippen molar-refractivity contribution in [2.45, 2.75) is 70.1 Å². The van der Waals surface area contributed by atoms with E-state index >= 15 is 0 Å². The Hall–Kier alpha value is -4.31. The highest BCUT2D eigenvalue weighted by molar-refractivity contribution is 8.00. The monoisotopic (exact) mass is 613 g/mol. The molecule has 2 aromatic carbocycles. The van der Waals surface area contributed by atoms with Gasteiger partial charge in [-0.05, 0) is 44.9 Å². The molecule has 0 fully saturated rings. The van der Waals surface area contributed by atoms with Gasteiger partial charge in [0.1, 0.15) is 18.3 Å². The molecule has 3 heterocycles. The first-order valence-corrected chi connectivity index (χ1v) is 15.3. The molecule has 1 atom stereocenters. The highest BCUT2D eigenvalue weighted by Crippen LogP contribution is 2.45. The van der Waals surface area contributed by atoms with Crippen molar-refractivity contribution >= 4 is 28.6 Å². The number of carbonyl (C=O) groups is 1. The molecule has 0 bridgehead atoms. The standard InChI is InChI=1S/C34H36FN5O3S/c1-7-42-33(41)26(14-22-8-10-23(11-9-22)32-38-16-24(35)17-39-32)30-31(44-34(4,5)6)29-21(3)28(13-12-27(29)40-30)43-19-25-18-36-20(2)15-37-25/h8-13,15-18,26,40H,7,14,19H2,1-6H3. The van der Waals surface area contributed by atoms with E-state index in [0.29, 0.717) is 18.9 Å². The fourth-order valence-corrected chi connectivity index (χ4v) is 6.20. The second-order valence-corrected chi connectivity index (χ2v) is 13.4. The summed E-state index contributed by atoms with van der Waals surface area (Å²) in [6, 6.07) is 11.6. The third-order valence-corrected chi connectivity index (χ3v) is 8.21. The average Bonchev–Trinajstić information content (AvgIpc) is 3.34. The van der Waals surface area contributed by atoms with Gasteiger partial charge in [0.25, 0.3) is 0 Å². The van der Waals surface area contributed by atoms with Crippen LogP contribution in [0.1, 0.15) is 61.8 Å². The molecule has 0 amide bonds. The predicted octanol–water partition coefficient (Wildman–Crippen LogP) is 7.53. The van der Waals surface area contributed by atoms with Crippen LogP contribution in [0.15, 0.2) is 66.1 Å². The molecule has 44 heavy (non-hydrogen) atoms. The quantitative estimate of drug-likeness (QED) is 0.127. The lowest BCUT2D eigenvalue weighted by Gasteiger charge is -2.22. The van der Waals surface area contributed by atoms with Gasteiger partial charge in [-0.1, -0.05) is 45.0 Å². The van der Waals surface area contributed by atoms with Gasteiger partial charge in [-0.15, -0.1) is 11.8 Å². The Balaban J connectivity index is 1.52. The van der Waals surface area contributed by atoms with E-state index < -0.39 is 11.7 Å². The molecule has 0 aliphatic carbocycles. The van der Waals surface area contributed by atoms with Gasteiger partial charge in [0.2, 0.25) is 0 Å². The molecule has 228 valence electrons. The summed E-state index contributed by atoms with van der Waals surface area (Å²) < 4.78 is 25.0. The van der Waals surface area contributed by atoms with E-state index in [-0.39, 0.29) is 17.3 Å². The summed E-state index contributed by atoms with van der Waals surface area (Å²) in [6.07, 6.45) is 6.16. The highest BCUT2D eigenvalue weighted by atomic mass is 32.2. The minimum absolute atomic E-state index is 0.138. The van der Waals surface area contributed by atoms with Crippen LogP contribution in [0, 0.1) is 19.7 Å². The van der Waals surface area contributed by atoms with Gasteiger partial charge in [-0.2, -0.15) is 0 Å². The van der Waals surface area contributed by atoms with E-state index in [9.17, 15) is 9.18 Å². The van der Waals surface area contributed by atoms with Crippen molar-refractivity contribution in [3.8, 4) is 17.1 Å². The molecule has 0 aliphatic rings. The third kappa shape index (κ3) is 7.24. The molecule has 0 saturated carbocycles. The molecule has 0 saturated heterocycles. The number of hydrogen-bond donors (Lipinski definition) is 1. The SMILES string of the molecule is CCOC(=O)C(Cc1ccc(-c2ncc(F)cn2)cc1)c1[nH]c2ccc(OCc3cnc(C)cn3)c(C)c2c1SC(C)(C)C. The predicted molar refractivity (Wildman–Crippen MR) is 170 cm³/mol. The average molecular weight is 614 g/mol. The van der Waals surface area contributed by atoms with Crippen molar-refractivity contribution in [1.82, 2.24) is 24.9 Å². The van der Waals surface area contributed by atoms with Crippen LogP contribution in [0.2, 0.25) is 0 Å². The Bertz CT molecular complexity index is 1750. The smallest absolute Gasteiger partial charge is 0.315 e. The van der Waals surface area contributed by atoms with Crippen LogP contribution in [0.4, 0.5) is 4.39 Å². The summed E-state index contributed by atoms with van der Waals surface area (Å²) in [4.78, 5) is 35.0. The normalized spacial score (nSPS) is 12.3. The highest BCUT2D eigenvalue weighted by Gasteiger charge is 2.31. The zero-order valence-electron chi connectivity index (χ0n) is 25.8. The van der Waals surface area contributed by atoms with Crippen molar-refractivity contribution in [1.29, 1.82) is 0 Å². The molecule has 5 aromatic rings. The molecule has 0 radical (unpaired) electrons. The minimum Gasteiger partial charge on any atom is -0.487 e. The van der Waals surface area contributed by atoms with Crippen LogP contribution >= 0.6 is 11.8 Å². The van der Waals surface area contributed by atoms with Crippen molar-refractivity contribution in [2.75, 3.05) is 6.61 Å². The van der Waals surface area contributed by atoms with Gasteiger partial charge in [-0.3, -0.25) is 14.8 Å². The number of halogens is 1. The zero-order valence-corrected chi connectivity index (χ0v) is 26.6. The van der Waals surface area contributed by atoms with E-state index in [1.807, 2.05) is 57.2 Å². The van der Waals surface area contributed by atoms with E-state index in [1.165, 1.54) is 0 Å². The molecule has 10 heteroatoms. The van der Waals surface area contributed by atoms with E-state index in [2.05, 4.69) is 45.7 Å². The van der Waals surface area contributed by atoms with Crippen LogP contribution in [0.25, 0.3) is 22.3 Å². The number of nitrogens with zero attached hydrogens (tertiary/aromatic N) is 4. The number of aromatic nitrogens is 5. The number of aryl methyl sites for hydroxylation is 2. The molecule has 1 unspecified atom stereocenters. The van der Waals surface area contributed by atoms with Crippen LogP contribution < -0.4 is 4.74 Å². The Kier molecular flexibility index (Phi) is 9.29. The lowest BCUT2D eigenvalue weighted by molar-refractivity contribution is -0.145. The summed E-state index contributed by atoms with van der Waals surface area (Å²) in [6.45, 7) is 12.8. The van der Waals surface area contributed by atoms with Crippen molar-refractivity contribution < 1.29 is 18.7 Å². The number of H-pyrrole nitrogens is 1. The Morgan fingerprint density at radius 3 is 2.34 bits per heavy atom. The number of benzene rings is 2. The van der Waals surface area contributed by atoms with Crippen LogP contribution in [-0.2, 0) is 22.6 Å². The van der Waals surface area contributed by atoms with E-state index in [0.717, 1.165) is 67.7 Å². The molecule has 5 rings (SSSR count). The van der Waals surface area contributed by atoms with Crippen molar-refractivity contribution in [2.24, 2.45) is 0 Å². The molecule has 3 aromatic heterocycles. The first-order valence-electron chi connectivity index (χ1n) is 14.5. The number of nitrogens with one attached hydrogen (secondary N) is 1. The van der Waals surface area contributed by atoms with Crippen LogP contribution in [0.5, 0.6) is 5.75 Å². The third-order valence-electron chi connectivity index (χ3n) is 6.97. The Morgan fingerprint density at radius 1 is 0.977 bits per heavy atom. The van der Waals surface area contributed by atoms with Crippen LogP contribution in [-0.4, -0.2) is 42.2 Å². The lowest BCUT2D eigenvalue weighted by Crippen LogP contribution is -2.20. The van der Waals surface area contributed by atoms with Gasteiger partial charge >= 0.3 is 5.97 Å². The Labute approximate surface area is 260 Å². The first-order chi connectivity index (χ1) is 21.0. The first kappa shape index (κ1) is 31.1. The number of hydrogen-bond acceptors (Lipinski definition) is 8. The number of carbonyl (C=O) groups excluding carboxylic acids is 1. The van der Waals surface area contributed by atoms with E-state index in [1.54, 1.807) is 24.2 Å². The number of thioether (sulfide) groups is 1. The minimum atomic E-state index is -0.577. The summed E-state index contributed by atoms with van der Waals surface area (Å²) in [7, 11) is 0. The lowest BCUT2D eigenvalue weighted by atomic mass is 9.95. The summed E-state index contributed by atoms with van der Waals surface area (Å²) in [5.74, 6) is -0.186. The summed E-state index contributed by atoms with van der Waals surface area (Å²) >= 11 is 1.71. The maximum Gasteiger partial charge on any atom is 0.315 e. The molecule has 0 spiro atoms. The summed E-state index contributed by atoms with van der Waals surface area (Å²) in [5.41, 5.74) is 6.01. The van der Waals surface area contributed by atoms with Crippen molar-refractivity contribution in [3.05, 3.63) is 95.2 Å².